The van der Waals surface area contributed by atoms with Gasteiger partial charge in [-0.15, -0.1) is 0 Å². The van der Waals surface area contributed by atoms with Crippen LogP contribution in [-0.4, -0.2) is 0 Å². The van der Waals surface area contributed by atoms with Gasteiger partial charge in [-0.25, -0.2) is 0 Å². The lowest BCUT2D eigenvalue weighted by Gasteiger charge is -2.30. The summed E-state index contributed by atoms with van der Waals surface area (Å²) < 4.78 is 0. The van der Waals surface area contributed by atoms with Gasteiger partial charge in [-0.05, 0) is 125 Å². The highest BCUT2D eigenvalue weighted by molar-refractivity contribution is 5.87. The molecule has 0 unspecified atom stereocenters. The van der Waals surface area contributed by atoms with Crippen LogP contribution in [0.2, 0.25) is 0 Å². The summed E-state index contributed by atoms with van der Waals surface area (Å²) in [6.07, 6.45) is 0. The summed E-state index contributed by atoms with van der Waals surface area (Å²) in [5, 5.41) is 0. The third-order valence-electron chi connectivity index (χ3n) is 12.3. The van der Waals surface area contributed by atoms with E-state index in [0.29, 0.717) is 0 Å². The summed E-state index contributed by atoms with van der Waals surface area (Å²) in [5.41, 5.74) is 20.3. The molecule has 0 amide bonds. The highest BCUT2D eigenvalue weighted by Crippen LogP contribution is 2.51. The first-order chi connectivity index (χ1) is 27.4. The minimum Gasteiger partial charge on any atom is -0.310 e. The topological polar surface area (TPSA) is 3.24 Å². The van der Waals surface area contributed by atoms with Gasteiger partial charge in [0.05, 0.1) is 0 Å². The van der Waals surface area contributed by atoms with Crippen molar-refractivity contribution in [3.63, 3.8) is 0 Å². The van der Waals surface area contributed by atoms with Crippen LogP contribution < -0.4 is 4.90 Å². The first-order valence-electron chi connectivity index (χ1n) is 21.0. The summed E-state index contributed by atoms with van der Waals surface area (Å²) in [7, 11) is 0. The molecule has 0 spiro atoms. The van der Waals surface area contributed by atoms with Crippen molar-refractivity contribution in [2.45, 2.75) is 97.8 Å². The molecule has 0 bridgehead atoms. The highest BCUT2D eigenvalue weighted by Gasteiger charge is 2.36. The molecule has 1 aliphatic carbocycles. The zero-order valence-corrected chi connectivity index (χ0v) is 36.5. The SMILES string of the molecule is CC(C)(C)c1cc(-c2ccc(-c3cc(C(C)(C)C)cc(C(C)(C)C)c3)cc2)cc(N(c2ccc(-c3ccccc3)cc2)c2ccc3c(c2)C(C)(C)c2ccccc2-3)c1. The smallest absolute Gasteiger partial charge is 0.0470 e. The molecule has 0 fully saturated rings. The number of anilines is 3. The first-order valence-corrected chi connectivity index (χ1v) is 21.0. The molecule has 0 N–H and O–H groups in total. The molecule has 0 saturated carbocycles. The molecule has 0 heterocycles. The molecule has 1 nitrogen and oxygen atoms in total. The van der Waals surface area contributed by atoms with E-state index in [4.69, 9.17) is 0 Å². The van der Waals surface area contributed by atoms with Crippen molar-refractivity contribution in [1.82, 2.24) is 0 Å². The fourth-order valence-electron chi connectivity index (χ4n) is 8.57. The summed E-state index contributed by atoms with van der Waals surface area (Å²) in [6, 6.07) is 59.4. The van der Waals surface area contributed by atoms with Crippen molar-refractivity contribution < 1.29 is 0 Å². The molecule has 1 heteroatoms. The number of nitrogens with zero attached hydrogens (tertiary/aromatic N) is 1. The third kappa shape index (κ3) is 7.44. The number of benzene rings is 7. The minimum absolute atomic E-state index is 0.0616. The van der Waals surface area contributed by atoms with E-state index in [2.05, 4.69) is 239 Å². The predicted molar refractivity (Wildman–Crippen MR) is 251 cm³/mol. The van der Waals surface area contributed by atoms with Gasteiger partial charge in [0.25, 0.3) is 0 Å². The van der Waals surface area contributed by atoms with Gasteiger partial charge in [-0.2, -0.15) is 0 Å². The number of rotatable bonds is 6. The summed E-state index contributed by atoms with van der Waals surface area (Å²) in [5.74, 6) is 0. The average molecular weight is 758 g/mol. The number of hydrogen-bond donors (Lipinski definition) is 0. The van der Waals surface area contributed by atoms with Gasteiger partial charge in [0, 0.05) is 22.5 Å². The van der Waals surface area contributed by atoms with E-state index in [0.717, 1.165) is 17.1 Å². The lowest BCUT2D eigenvalue weighted by atomic mass is 9.79. The van der Waals surface area contributed by atoms with Crippen molar-refractivity contribution in [3.05, 3.63) is 186 Å². The van der Waals surface area contributed by atoms with Crippen LogP contribution in [0.3, 0.4) is 0 Å². The molecule has 0 saturated heterocycles. The van der Waals surface area contributed by atoms with Crippen molar-refractivity contribution in [2.24, 2.45) is 0 Å². The van der Waals surface area contributed by atoms with Gasteiger partial charge in [-0.1, -0.05) is 197 Å². The second-order valence-corrected chi connectivity index (χ2v) is 20.0. The fraction of sp³-hybridized carbons (Fsp3) is 0.263. The Morgan fingerprint density at radius 2 is 0.759 bits per heavy atom. The number of fused-ring (bicyclic) bond motifs is 3. The van der Waals surface area contributed by atoms with Crippen molar-refractivity contribution in [3.8, 4) is 44.5 Å². The van der Waals surface area contributed by atoms with Crippen LogP contribution in [0.1, 0.15) is 104 Å². The van der Waals surface area contributed by atoms with Crippen molar-refractivity contribution in [1.29, 1.82) is 0 Å². The molecule has 0 atom stereocenters. The lowest BCUT2D eigenvalue weighted by molar-refractivity contribution is 0.569. The monoisotopic (exact) mass is 757 g/mol. The summed E-state index contributed by atoms with van der Waals surface area (Å²) in [4.78, 5) is 2.47. The zero-order valence-electron chi connectivity index (χ0n) is 36.5. The predicted octanol–water partition coefficient (Wildman–Crippen LogP) is 16.4. The Bertz CT molecular complexity index is 2570. The fourth-order valence-corrected chi connectivity index (χ4v) is 8.57. The average Bonchev–Trinajstić information content (AvgIpc) is 3.43. The van der Waals surface area contributed by atoms with E-state index in [9.17, 15) is 0 Å². The summed E-state index contributed by atoms with van der Waals surface area (Å²) in [6.45, 7) is 25.6. The van der Waals surface area contributed by atoms with Gasteiger partial charge in [0.1, 0.15) is 0 Å². The lowest BCUT2D eigenvalue weighted by Crippen LogP contribution is -2.17. The second kappa shape index (κ2) is 14.3. The van der Waals surface area contributed by atoms with Crippen LogP contribution in [0.15, 0.2) is 158 Å². The van der Waals surface area contributed by atoms with Crippen LogP contribution in [0.5, 0.6) is 0 Å². The van der Waals surface area contributed by atoms with E-state index in [1.807, 2.05) is 0 Å². The van der Waals surface area contributed by atoms with E-state index in [1.54, 1.807) is 0 Å². The maximum Gasteiger partial charge on any atom is 0.0470 e. The van der Waals surface area contributed by atoms with E-state index in [-0.39, 0.29) is 21.7 Å². The van der Waals surface area contributed by atoms with Gasteiger partial charge < -0.3 is 4.90 Å². The van der Waals surface area contributed by atoms with E-state index in [1.165, 1.54) is 72.3 Å². The largest absolute Gasteiger partial charge is 0.310 e. The van der Waals surface area contributed by atoms with Crippen molar-refractivity contribution in [2.75, 3.05) is 4.90 Å². The Morgan fingerprint density at radius 3 is 1.33 bits per heavy atom. The maximum atomic E-state index is 2.47. The first kappa shape index (κ1) is 39.2. The third-order valence-corrected chi connectivity index (χ3v) is 12.3. The highest BCUT2D eigenvalue weighted by atomic mass is 15.1. The molecule has 8 rings (SSSR count). The molecule has 0 aliphatic heterocycles. The zero-order chi connectivity index (χ0) is 41.2. The maximum absolute atomic E-state index is 2.47. The van der Waals surface area contributed by atoms with Crippen LogP contribution in [0.4, 0.5) is 17.1 Å². The van der Waals surface area contributed by atoms with Crippen LogP contribution in [-0.2, 0) is 21.7 Å². The molecule has 7 aromatic carbocycles. The Hall–Kier alpha value is -5.66. The normalized spacial score (nSPS) is 13.6. The molecular weight excluding hydrogens is 699 g/mol. The van der Waals surface area contributed by atoms with E-state index < -0.39 is 0 Å². The molecule has 58 heavy (non-hydrogen) atoms. The molecule has 7 aromatic rings. The second-order valence-electron chi connectivity index (χ2n) is 20.0. The summed E-state index contributed by atoms with van der Waals surface area (Å²) >= 11 is 0. The van der Waals surface area contributed by atoms with Crippen LogP contribution in [0, 0.1) is 0 Å². The molecule has 0 aromatic heterocycles. The van der Waals surface area contributed by atoms with E-state index >= 15 is 0 Å². The Kier molecular flexibility index (Phi) is 9.67. The van der Waals surface area contributed by atoms with Gasteiger partial charge in [-0.3, -0.25) is 0 Å². The van der Waals surface area contributed by atoms with Crippen LogP contribution in [0.25, 0.3) is 44.5 Å². The standard InChI is InChI=1S/C57H59N/c1-54(2,3)44-31-42(32-45(35-44)55(4,5)6)40-21-23-41(24-22-40)43-33-46(56(7,8)9)36-49(34-43)58(47-27-25-39(26-28-47)38-17-13-12-14-18-38)48-29-30-51-50-19-15-16-20-52(50)57(10,11)53(51)37-48/h12-37H,1-11H3. The molecule has 1 aliphatic rings. The molecule has 0 radical (unpaired) electrons. The molecule has 292 valence electrons. The minimum atomic E-state index is -0.106. The van der Waals surface area contributed by atoms with Gasteiger partial charge >= 0.3 is 0 Å². The van der Waals surface area contributed by atoms with Crippen LogP contribution >= 0.6 is 0 Å². The van der Waals surface area contributed by atoms with Crippen molar-refractivity contribution >= 4 is 17.1 Å². The number of hydrogen-bond acceptors (Lipinski definition) is 1. The van der Waals surface area contributed by atoms with Gasteiger partial charge in [0.15, 0.2) is 0 Å². The van der Waals surface area contributed by atoms with Gasteiger partial charge in [0.2, 0.25) is 0 Å². The Morgan fingerprint density at radius 1 is 0.328 bits per heavy atom. The Balaban J connectivity index is 1.27. The molecular formula is C57H59N. The quantitative estimate of drug-likeness (QED) is 0.163. The Labute approximate surface area is 348 Å².